The lowest BCUT2D eigenvalue weighted by Gasteiger charge is -2.04. The van der Waals surface area contributed by atoms with Crippen molar-refractivity contribution < 1.29 is 9.59 Å². The second-order valence-corrected chi connectivity index (χ2v) is 9.24. The summed E-state index contributed by atoms with van der Waals surface area (Å²) in [6.45, 7) is 7.50. The average molecular weight is 433 g/mol. The molecule has 0 atom stereocenters. The molecule has 0 bridgehead atoms. The van der Waals surface area contributed by atoms with E-state index < -0.39 is 0 Å². The third-order valence-electron chi connectivity index (χ3n) is 6.14. The fourth-order valence-corrected chi connectivity index (χ4v) is 4.06. The highest BCUT2D eigenvalue weighted by molar-refractivity contribution is 5.78. The van der Waals surface area contributed by atoms with Gasteiger partial charge in [-0.1, -0.05) is 82.8 Å². The summed E-state index contributed by atoms with van der Waals surface area (Å²) in [5.41, 5.74) is 0. The van der Waals surface area contributed by atoms with E-state index in [1.54, 1.807) is 0 Å². The summed E-state index contributed by atoms with van der Waals surface area (Å²) in [6, 6.07) is 0. The Bertz CT molecular complexity index is 398. The Balaban J connectivity index is 3.28. The molecule has 0 aliphatic heterocycles. The van der Waals surface area contributed by atoms with Crippen molar-refractivity contribution in [1.29, 1.82) is 0 Å². The molecule has 0 unspecified atom stereocenters. The number of hydrogen-bond donors (Lipinski definition) is 0. The van der Waals surface area contributed by atoms with Gasteiger partial charge in [0.05, 0.1) is 0 Å². The molecular weight excluding hydrogens is 380 g/mol. The predicted octanol–water partition coefficient (Wildman–Crippen LogP) is 9.47. The number of allylic oxidation sites excluding steroid dienone is 2. The maximum Gasteiger partial charge on any atom is 0.132 e. The Morgan fingerprint density at radius 3 is 0.871 bits per heavy atom. The molecule has 2 nitrogen and oxygen atoms in total. The summed E-state index contributed by atoms with van der Waals surface area (Å²) in [5, 5.41) is 0. The van der Waals surface area contributed by atoms with Crippen LogP contribution in [0, 0.1) is 0 Å². The van der Waals surface area contributed by atoms with Crippen molar-refractivity contribution in [2.75, 3.05) is 0 Å². The molecule has 0 aromatic rings. The highest BCUT2D eigenvalue weighted by Crippen LogP contribution is 2.14. The van der Waals surface area contributed by atoms with Gasteiger partial charge in [0.2, 0.25) is 0 Å². The zero-order chi connectivity index (χ0) is 22.8. The normalized spacial score (nSPS) is 10.8. The summed E-state index contributed by atoms with van der Waals surface area (Å²) in [4.78, 5) is 23.9. The number of unbranched alkanes of at least 4 members (excludes halogenated alkanes) is 16. The number of Topliss-reactive ketones (excluding diaryl/α,β-unsaturated/α-hetero) is 2. The van der Waals surface area contributed by atoms with Gasteiger partial charge in [0.15, 0.2) is 0 Å². The van der Waals surface area contributed by atoms with E-state index in [0.29, 0.717) is 11.6 Å². The third kappa shape index (κ3) is 25.0. The minimum absolute atomic E-state index is 0.447. The van der Waals surface area contributed by atoms with E-state index in [2.05, 4.69) is 13.2 Å². The first-order valence-electron chi connectivity index (χ1n) is 13.5. The molecule has 0 amide bonds. The van der Waals surface area contributed by atoms with Crippen LogP contribution in [0.3, 0.4) is 0 Å². The summed E-state index contributed by atoms with van der Waals surface area (Å²) in [6.07, 6.45) is 29.5. The summed E-state index contributed by atoms with van der Waals surface area (Å²) in [5.74, 6) is 0.894. The molecule has 0 aliphatic carbocycles. The summed E-state index contributed by atoms with van der Waals surface area (Å²) >= 11 is 0. The smallest absolute Gasteiger partial charge is 0.132 e. The van der Waals surface area contributed by atoms with Gasteiger partial charge in [-0.25, -0.2) is 0 Å². The van der Waals surface area contributed by atoms with Crippen molar-refractivity contribution in [2.24, 2.45) is 0 Å². The van der Waals surface area contributed by atoms with Gasteiger partial charge in [-0.05, 0) is 51.4 Å². The quantitative estimate of drug-likeness (QED) is 0.101. The van der Waals surface area contributed by atoms with Crippen molar-refractivity contribution >= 4 is 11.6 Å². The van der Waals surface area contributed by atoms with Crippen LogP contribution in [0.1, 0.15) is 148 Å². The van der Waals surface area contributed by atoms with E-state index in [-0.39, 0.29) is 0 Å². The monoisotopic (exact) mass is 432 g/mol. The van der Waals surface area contributed by atoms with E-state index in [0.717, 1.165) is 83.5 Å². The average Bonchev–Trinajstić information content (AvgIpc) is 2.76. The van der Waals surface area contributed by atoms with Gasteiger partial charge < -0.3 is 0 Å². The van der Waals surface area contributed by atoms with Gasteiger partial charge in [-0.2, -0.15) is 0 Å². The molecule has 0 radical (unpaired) electrons. The minimum atomic E-state index is 0.447. The maximum absolute atomic E-state index is 11.9. The van der Waals surface area contributed by atoms with E-state index in [4.69, 9.17) is 0 Å². The molecule has 0 saturated heterocycles. The largest absolute Gasteiger partial charge is 0.300 e. The highest BCUT2D eigenvalue weighted by atomic mass is 16.1. The fourth-order valence-electron chi connectivity index (χ4n) is 4.06. The minimum Gasteiger partial charge on any atom is -0.300 e. The first-order valence-corrected chi connectivity index (χ1v) is 13.5. The first-order chi connectivity index (χ1) is 15.2. The molecular formula is C29H52O2. The Kier molecular flexibility index (Phi) is 24.1. The Morgan fingerprint density at radius 2 is 0.613 bits per heavy atom. The molecule has 0 heterocycles. The van der Waals surface area contributed by atoms with Gasteiger partial charge in [0.1, 0.15) is 11.6 Å². The molecule has 0 fully saturated rings. The van der Waals surface area contributed by atoms with Crippen LogP contribution in [-0.2, 0) is 9.59 Å². The van der Waals surface area contributed by atoms with E-state index in [1.807, 2.05) is 12.2 Å². The molecule has 31 heavy (non-hydrogen) atoms. The maximum atomic E-state index is 11.9. The zero-order valence-electron chi connectivity index (χ0n) is 20.6. The molecule has 0 N–H and O–H groups in total. The van der Waals surface area contributed by atoms with Crippen LogP contribution >= 0.6 is 0 Å². The molecule has 180 valence electrons. The van der Waals surface area contributed by atoms with Gasteiger partial charge in [0.25, 0.3) is 0 Å². The molecule has 0 rings (SSSR count). The third-order valence-corrected chi connectivity index (χ3v) is 6.14. The van der Waals surface area contributed by atoms with Crippen LogP contribution in [0.5, 0.6) is 0 Å². The Labute approximate surface area is 194 Å². The van der Waals surface area contributed by atoms with Crippen LogP contribution in [0.2, 0.25) is 0 Å². The number of carbonyl (C=O) groups is 2. The van der Waals surface area contributed by atoms with Crippen LogP contribution in [0.4, 0.5) is 0 Å². The Morgan fingerprint density at radius 1 is 0.387 bits per heavy atom. The van der Waals surface area contributed by atoms with Crippen LogP contribution in [0.15, 0.2) is 25.3 Å². The fraction of sp³-hybridized carbons (Fsp3) is 0.793. The Hall–Kier alpha value is -1.18. The lowest BCUT2D eigenvalue weighted by atomic mass is 10.0. The van der Waals surface area contributed by atoms with Gasteiger partial charge >= 0.3 is 0 Å². The molecule has 0 aromatic heterocycles. The zero-order valence-corrected chi connectivity index (χ0v) is 20.6. The van der Waals surface area contributed by atoms with Gasteiger partial charge in [-0.3, -0.25) is 9.59 Å². The van der Waals surface area contributed by atoms with E-state index in [1.165, 1.54) is 64.2 Å². The van der Waals surface area contributed by atoms with Crippen molar-refractivity contribution in [3.05, 3.63) is 25.3 Å². The lowest BCUT2D eigenvalue weighted by Crippen LogP contribution is -1.99. The van der Waals surface area contributed by atoms with Crippen LogP contribution in [-0.4, -0.2) is 11.6 Å². The summed E-state index contributed by atoms with van der Waals surface area (Å²) < 4.78 is 0. The SMILES string of the molecule is C=CCCCCCCCCC(=O)CCCCCCCC(=O)CCCCCCCCC=C. The van der Waals surface area contributed by atoms with E-state index in [9.17, 15) is 9.59 Å². The number of carbonyl (C=O) groups excluding carboxylic acids is 2. The van der Waals surface area contributed by atoms with Gasteiger partial charge in [0, 0.05) is 25.7 Å². The summed E-state index contributed by atoms with van der Waals surface area (Å²) in [7, 11) is 0. The number of rotatable bonds is 26. The molecule has 0 aliphatic rings. The first kappa shape index (κ1) is 29.8. The molecule has 2 heteroatoms. The van der Waals surface area contributed by atoms with Crippen LogP contribution < -0.4 is 0 Å². The predicted molar refractivity (Wildman–Crippen MR) is 137 cm³/mol. The number of ketones is 2. The van der Waals surface area contributed by atoms with Crippen molar-refractivity contribution in [2.45, 2.75) is 148 Å². The van der Waals surface area contributed by atoms with Crippen molar-refractivity contribution in [1.82, 2.24) is 0 Å². The highest BCUT2D eigenvalue weighted by Gasteiger charge is 2.04. The second-order valence-electron chi connectivity index (χ2n) is 9.24. The standard InChI is InChI=1S/C29H52O2/c1-3-5-7-9-11-13-16-20-24-28(30)26-22-18-15-19-23-27-29(31)25-21-17-14-12-10-8-6-4-2/h3-4H,1-2,5-27H2. The molecule has 0 saturated carbocycles. The van der Waals surface area contributed by atoms with Crippen LogP contribution in [0.25, 0.3) is 0 Å². The van der Waals surface area contributed by atoms with Crippen molar-refractivity contribution in [3.8, 4) is 0 Å². The topological polar surface area (TPSA) is 34.1 Å². The lowest BCUT2D eigenvalue weighted by molar-refractivity contribution is -0.120. The molecule has 0 aromatic carbocycles. The number of hydrogen-bond acceptors (Lipinski definition) is 2. The van der Waals surface area contributed by atoms with Crippen molar-refractivity contribution in [3.63, 3.8) is 0 Å². The van der Waals surface area contributed by atoms with E-state index >= 15 is 0 Å². The second kappa shape index (κ2) is 25.1. The molecule has 0 spiro atoms. The van der Waals surface area contributed by atoms with Gasteiger partial charge in [-0.15, -0.1) is 13.2 Å².